The minimum atomic E-state index is -0.0321. The van der Waals surface area contributed by atoms with Crippen LogP contribution in [0.4, 0.5) is 5.82 Å². The summed E-state index contributed by atoms with van der Waals surface area (Å²) < 4.78 is 0. The zero-order valence-corrected chi connectivity index (χ0v) is 15.0. The quantitative estimate of drug-likeness (QED) is 0.590. The Labute approximate surface area is 151 Å². The number of rotatable bonds is 4. The first kappa shape index (κ1) is 16.5. The van der Waals surface area contributed by atoms with Crippen molar-refractivity contribution in [1.29, 1.82) is 0 Å². The molecule has 2 aromatic heterocycles. The third-order valence-electron chi connectivity index (χ3n) is 4.60. The molecule has 1 aromatic carbocycles. The average Bonchev–Trinajstić information content (AvgIpc) is 2.87. The standard InChI is InChI=1S/C20H20N4O2/c1-11-8-14-15(10-22-11)17-13-5-4-12(25)9-16(13)23-20(18(17)19(14)26)21-6-7-24(2)3/h4-5,8-10,25H,6-7H2,1-3H3,(H,21,23). The third kappa shape index (κ3) is 2.59. The van der Waals surface area contributed by atoms with Gasteiger partial charge in [0.1, 0.15) is 11.6 Å². The van der Waals surface area contributed by atoms with Gasteiger partial charge in [-0.25, -0.2) is 4.98 Å². The number of benzene rings is 1. The summed E-state index contributed by atoms with van der Waals surface area (Å²) in [7, 11) is 3.99. The van der Waals surface area contributed by atoms with Gasteiger partial charge in [-0.05, 0) is 39.2 Å². The van der Waals surface area contributed by atoms with Crippen molar-refractivity contribution in [2.45, 2.75) is 6.92 Å². The maximum atomic E-state index is 13.1. The highest BCUT2D eigenvalue weighted by atomic mass is 16.3. The van der Waals surface area contributed by atoms with Crippen LogP contribution in [0.3, 0.4) is 0 Å². The fourth-order valence-electron chi connectivity index (χ4n) is 3.36. The molecule has 4 rings (SSSR count). The predicted molar refractivity (Wildman–Crippen MR) is 102 cm³/mol. The molecule has 0 radical (unpaired) electrons. The zero-order chi connectivity index (χ0) is 18.4. The number of hydrogen-bond acceptors (Lipinski definition) is 6. The molecule has 26 heavy (non-hydrogen) atoms. The van der Waals surface area contributed by atoms with Crippen molar-refractivity contribution in [3.63, 3.8) is 0 Å². The van der Waals surface area contributed by atoms with Crippen LogP contribution in [0.25, 0.3) is 22.0 Å². The van der Waals surface area contributed by atoms with Gasteiger partial charge in [0.2, 0.25) is 0 Å². The maximum Gasteiger partial charge on any atom is 0.198 e. The van der Waals surface area contributed by atoms with Gasteiger partial charge in [-0.1, -0.05) is 0 Å². The van der Waals surface area contributed by atoms with Crippen molar-refractivity contribution in [3.8, 4) is 16.9 Å². The highest BCUT2D eigenvalue weighted by Gasteiger charge is 2.32. The lowest BCUT2D eigenvalue weighted by Gasteiger charge is -2.14. The normalized spacial score (nSPS) is 12.5. The highest BCUT2D eigenvalue weighted by Crippen LogP contribution is 2.44. The zero-order valence-electron chi connectivity index (χ0n) is 15.0. The number of hydrogen-bond donors (Lipinski definition) is 2. The Kier molecular flexibility index (Phi) is 3.85. The van der Waals surface area contributed by atoms with Crippen LogP contribution in [0, 0.1) is 6.92 Å². The molecule has 0 atom stereocenters. The van der Waals surface area contributed by atoms with Crippen LogP contribution in [0.1, 0.15) is 21.6 Å². The number of pyridine rings is 2. The number of aromatic nitrogens is 2. The molecular formula is C20H20N4O2. The van der Waals surface area contributed by atoms with Gasteiger partial charge in [0.05, 0.1) is 11.1 Å². The molecule has 0 fully saturated rings. The molecule has 0 bridgehead atoms. The molecule has 6 heteroatoms. The van der Waals surface area contributed by atoms with E-state index < -0.39 is 0 Å². The third-order valence-corrected chi connectivity index (χ3v) is 4.60. The topological polar surface area (TPSA) is 78.3 Å². The number of likely N-dealkylation sites (N-methyl/N-ethyl adjacent to an activating group) is 1. The van der Waals surface area contributed by atoms with Crippen LogP contribution in [0.15, 0.2) is 30.5 Å². The summed E-state index contributed by atoms with van der Waals surface area (Å²) in [5.41, 5.74) is 4.37. The number of aryl methyl sites for hydroxylation is 1. The van der Waals surface area contributed by atoms with E-state index >= 15 is 0 Å². The second kappa shape index (κ2) is 6.07. The summed E-state index contributed by atoms with van der Waals surface area (Å²) in [6.07, 6.45) is 1.75. The smallest absolute Gasteiger partial charge is 0.198 e. The van der Waals surface area contributed by atoms with Crippen molar-refractivity contribution in [2.24, 2.45) is 0 Å². The first-order valence-electron chi connectivity index (χ1n) is 8.53. The van der Waals surface area contributed by atoms with E-state index in [9.17, 15) is 9.90 Å². The van der Waals surface area contributed by atoms with Gasteiger partial charge in [-0.15, -0.1) is 0 Å². The van der Waals surface area contributed by atoms with Gasteiger partial charge in [0, 0.05) is 53.1 Å². The number of phenolic OH excluding ortho intramolecular Hbond substituents is 1. The summed E-state index contributed by atoms with van der Waals surface area (Å²) in [6.45, 7) is 3.36. The van der Waals surface area contributed by atoms with Gasteiger partial charge in [-0.3, -0.25) is 9.78 Å². The lowest BCUT2D eigenvalue weighted by Crippen LogP contribution is -2.22. The molecule has 1 aliphatic carbocycles. The first-order valence-corrected chi connectivity index (χ1v) is 8.53. The monoisotopic (exact) mass is 348 g/mol. The number of phenols is 1. The predicted octanol–water partition coefficient (Wildman–Crippen LogP) is 2.83. The Hall–Kier alpha value is -2.99. The maximum absolute atomic E-state index is 13.1. The van der Waals surface area contributed by atoms with Crippen molar-refractivity contribution in [3.05, 3.63) is 47.3 Å². The van der Waals surface area contributed by atoms with Gasteiger partial charge >= 0.3 is 0 Å². The number of carbonyl (C=O) groups excluding carboxylic acids is 1. The first-order chi connectivity index (χ1) is 12.5. The number of nitrogens with zero attached hydrogens (tertiary/aromatic N) is 3. The Bertz CT molecular complexity index is 1040. The molecule has 0 amide bonds. The summed E-state index contributed by atoms with van der Waals surface area (Å²) in [5, 5.41) is 14.0. The fourth-order valence-corrected chi connectivity index (χ4v) is 3.36. The molecule has 0 saturated carbocycles. The highest BCUT2D eigenvalue weighted by molar-refractivity contribution is 6.27. The number of ketones is 1. The van der Waals surface area contributed by atoms with Gasteiger partial charge in [0.15, 0.2) is 5.78 Å². The Balaban J connectivity index is 1.95. The molecule has 6 nitrogen and oxygen atoms in total. The van der Waals surface area contributed by atoms with Gasteiger partial charge < -0.3 is 15.3 Å². The van der Waals surface area contributed by atoms with E-state index in [1.165, 1.54) is 0 Å². The van der Waals surface area contributed by atoms with E-state index in [-0.39, 0.29) is 11.5 Å². The Morgan fingerprint density at radius 2 is 1.96 bits per heavy atom. The molecule has 0 saturated heterocycles. The summed E-state index contributed by atoms with van der Waals surface area (Å²) >= 11 is 0. The number of carbonyl (C=O) groups is 1. The van der Waals surface area contributed by atoms with E-state index in [0.717, 1.165) is 28.8 Å². The molecule has 132 valence electrons. The van der Waals surface area contributed by atoms with Gasteiger partial charge in [-0.2, -0.15) is 0 Å². The van der Waals surface area contributed by atoms with Crippen LogP contribution in [-0.2, 0) is 0 Å². The van der Waals surface area contributed by atoms with Crippen LogP contribution in [0.5, 0.6) is 5.75 Å². The Morgan fingerprint density at radius 1 is 1.15 bits per heavy atom. The molecule has 2 heterocycles. The Morgan fingerprint density at radius 3 is 2.73 bits per heavy atom. The number of fused-ring (bicyclic) bond motifs is 5. The summed E-state index contributed by atoms with van der Waals surface area (Å²) in [5.74, 6) is 0.671. The van der Waals surface area contributed by atoms with E-state index in [1.54, 1.807) is 18.3 Å². The largest absolute Gasteiger partial charge is 0.508 e. The number of aromatic hydroxyl groups is 1. The van der Waals surface area contributed by atoms with E-state index in [4.69, 9.17) is 0 Å². The lowest BCUT2D eigenvalue weighted by atomic mass is 10.0. The summed E-state index contributed by atoms with van der Waals surface area (Å²) in [4.78, 5) is 24.2. The number of anilines is 1. The molecule has 0 spiro atoms. The minimum absolute atomic E-state index is 0.0321. The SMILES string of the molecule is Cc1cc2c(cn1)-c1c(c(NCCN(C)C)nc3cc(O)ccc13)C2=O. The van der Waals surface area contributed by atoms with Crippen molar-refractivity contribution >= 4 is 22.5 Å². The second-order valence-electron chi connectivity index (χ2n) is 6.84. The molecule has 1 aliphatic rings. The van der Waals surface area contributed by atoms with E-state index in [1.807, 2.05) is 33.2 Å². The van der Waals surface area contributed by atoms with Crippen LogP contribution >= 0.6 is 0 Å². The molecule has 0 unspecified atom stereocenters. The molecule has 0 aliphatic heterocycles. The lowest BCUT2D eigenvalue weighted by molar-refractivity contribution is 0.104. The van der Waals surface area contributed by atoms with Crippen molar-refractivity contribution in [2.75, 3.05) is 32.5 Å². The summed E-state index contributed by atoms with van der Waals surface area (Å²) in [6, 6.07) is 6.88. The minimum Gasteiger partial charge on any atom is -0.508 e. The van der Waals surface area contributed by atoms with Crippen LogP contribution in [-0.4, -0.2) is 52.9 Å². The molecule has 3 aromatic rings. The van der Waals surface area contributed by atoms with Crippen molar-refractivity contribution in [1.82, 2.24) is 14.9 Å². The van der Waals surface area contributed by atoms with E-state index in [2.05, 4.69) is 20.2 Å². The van der Waals surface area contributed by atoms with Crippen LogP contribution < -0.4 is 5.32 Å². The van der Waals surface area contributed by atoms with Gasteiger partial charge in [0.25, 0.3) is 0 Å². The second-order valence-corrected chi connectivity index (χ2v) is 6.84. The fraction of sp³-hybridized carbons (Fsp3) is 0.250. The van der Waals surface area contributed by atoms with Crippen molar-refractivity contribution < 1.29 is 9.90 Å². The molecule has 2 N–H and O–H groups in total. The average molecular weight is 348 g/mol. The van der Waals surface area contributed by atoms with E-state index in [0.29, 0.717) is 29.0 Å². The van der Waals surface area contributed by atoms with Crippen LogP contribution in [0.2, 0.25) is 0 Å². The molecular weight excluding hydrogens is 328 g/mol. The number of nitrogens with one attached hydrogen (secondary N) is 1.